The minimum Gasteiger partial charge on any atom is -0.450 e. The Bertz CT molecular complexity index is 682. The van der Waals surface area contributed by atoms with E-state index in [4.69, 9.17) is 4.74 Å². The van der Waals surface area contributed by atoms with E-state index in [1.54, 1.807) is 24.0 Å². The molecule has 2 N–H and O–H groups in total. The number of carbonyl (C=O) groups is 1. The Hall–Kier alpha value is -2.84. The molecule has 0 saturated carbocycles. The number of guanidine groups is 1. The van der Waals surface area contributed by atoms with Crippen molar-refractivity contribution in [2.75, 3.05) is 19.7 Å². The number of ether oxygens (including phenoxy) is 1. The van der Waals surface area contributed by atoms with Crippen molar-refractivity contribution in [1.82, 2.24) is 15.5 Å². The molecule has 1 fully saturated rings. The van der Waals surface area contributed by atoms with Crippen molar-refractivity contribution in [2.45, 2.75) is 52.2 Å². The average molecular weight is 391 g/mol. The molecule has 9 nitrogen and oxygen atoms in total. The number of hydrogen-bond donors (Lipinski definition) is 2. The summed E-state index contributed by atoms with van der Waals surface area (Å²) in [5, 5.41) is 17.5. The van der Waals surface area contributed by atoms with Crippen molar-refractivity contribution in [3.05, 3.63) is 39.9 Å². The topological polar surface area (TPSA) is 109 Å². The summed E-state index contributed by atoms with van der Waals surface area (Å²) in [4.78, 5) is 28.5. The van der Waals surface area contributed by atoms with Gasteiger partial charge in [-0.3, -0.25) is 10.1 Å². The van der Waals surface area contributed by atoms with Crippen LogP contribution in [0.1, 0.15) is 39.2 Å². The van der Waals surface area contributed by atoms with Gasteiger partial charge in [-0.25, -0.2) is 9.79 Å². The van der Waals surface area contributed by atoms with Crippen LogP contribution in [0.3, 0.4) is 0 Å². The van der Waals surface area contributed by atoms with Crippen molar-refractivity contribution in [1.29, 1.82) is 0 Å². The van der Waals surface area contributed by atoms with E-state index in [1.165, 1.54) is 12.1 Å². The maximum atomic E-state index is 11.8. The first-order valence-electron chi connectivity index (χ1n) is 9.61. The Morgan fingerprint density at radius 1 is 1.32 bits per heavy atom. The molecule has 1 heterocycles. The molecule has 0 radical (unpaired) electrons. The SMILES string of the molecule is CCOC(=O)N1CCC(NC(=NCc2ccc([N+](=O)[O-])cc2)NC(C)C)CC1. The van der Waals surface area contributed by atoms with Crippen molar-refractivity contribution >= 4 is 17.7 Å². The summed E-state index contributed by atoms with van der Waals surface area (Å²) in [7, 11) is 0. The van der Waals surface area contributed by atoms with Gasteiger partial charge in [0, 0.05) is 37.3 Å². The summed E-state index contributed by atoms with van der Waals surface area (Å²) in [5.41, 5.74) is 0.965. The molecular formula is C19H29N5O4. The van der Waals surface area contributed by atoms with Crippen molar-refractivity contribution in [3.63, 3.8) is 0 Å². The first-order valence-corrected chi connectivity index (χ1v) is 9.61. The van der Waals surface area contributed by atoms with E-state index in [0.717, 1.165) is 18.4 Å². The Kier molecular flexibility index (Phi) is 8.03. The molecule has 1 aliphatic heterocycles. The largest absolute Gasteiger partial charge is 0.450 e. The standard InChI is InChI=1S/C19H29N5O4/c1-4-28-19(25)23-11-9-16(10-12-23)22-18(21-14(2)3)20-13-15-5-7-17(8-6-15)24(26)27/h5-8,14,16H,4,9-13H2,1-3H3,(H2,20,21,22). The zero-order valence-electron chi connectivity index (χ0n) is 16.7. The van der Waals surface area contributed by atoms with Crippen molar-refractivity contribution in [3.8, 4) is 0 Å². The molecule has 0 unspecified atom stereocenters. The molecule has 0 aromatic heterocycles. The highest BCUT2D eigenvalue weighted by Crippen LogP contribution is 2.13. The summed E-state index contributed by atoms with van der Waals surface area (Å²) >= 11 is 0. The molecule has 1 aromatic rings. The second-order valence-electron chi connectivity index (χ2n) is 6.99. The lowest BCUT2D eigenvalue weighted by Gasteiger charge is -2.32. The number of amides is 1. The number of nitro benzene ring substituents is 1. The van der Waals surface area contributed by atoms with Gasteiger partial charge < -0.3 is 20.3 Å². The van der Waals surface area contributed by atoms with Gasteiger partial charge in [0.1, 0.15) is 0 Å². The predicted molar refractivity (Wildman–Crippen MR) is 107 cm³/mol. The van der Waals surface area contributed by atoms with E-state index in [9.17, 15) is 14.9 Å². The van der Waals surface area contributed by atoms with E-state index >= 15 is 0 Å². The minimum absolute atomic E-state index is 0.0692. The van der Waals surface area contributed by atoms with Gasteiger partial charge >= 0.3 is 6.09 Å². The highest BCUT2D eigenvalue weighted by molar-refractivity contribution is 5.80. The molecule has 28 heavy (non-hydrogen) atoms. The Morgan fingerprint density at radius 3 is 2.50 bits per heavy atom. The molecule has 2 rings (SSSR count). The number of carbonyl (C=O) groups excluding carboxylic acids is 1. The maximum absolute atomic E-state index is 11.8. The van der Waals surface area contributed by atoms with Gasteiger partial charge in [0.15, 0.2) is 5.96 Å². The van der Waals surface area contributed by atoms with Gasteiger partial charge in [0.25, 0.3) is 5.69 Å². The van der Waals surface area contributed by atoms with E-state index < -0.39 is 4.92 Å². The van der Waals surface area contributed by atoms with Gasteiger partial charge in [0.05, 0.1) is 18.1 Å². The molecule has 1 aromatic carbocycles. The third-order valence-electron chi connectivity index (χ3n) is 4.35. The van der Waals surface area contributed by atoms with Gasteiger partial charge in [-0.15, -0.1) is 0 Å². The van der Waals surface area contributed by atoms with Crippen LogP contribution in [0.5, 0.6) is 0 Å². The summed E-state index contributed by atoms with van der Waals surface area (Å²) in [5.74, 6) is 0.697. The lowest BCUT2D eigenvalue weighted by Crippen LogP contribution is -2.51. The number of piperidine rings is 1. The molecule has 0 spiro atoms. The number of nitrogens with one attached hydrogen (secondary N) is 2. The Balaban J connectivity index is 1.93. The smallest absolute Gasteiger partial charge is 0.409 e. The second kappa shape index (κ2) is 10.5. The zero-order valence-corrected chi connectivity index (χ0v) is 16.7. The lowest BCUT2D eigenvalue weighted by molar-refractivity contribution is -0.384. The fraction of sp³-hybridized carbons (Fsp3) is 0.579. The number of aliphatic imine (C=N–C) groups is 1. The van der Waals surface area contributed by atoms with Gasteiger partial charge in [0.2, 0.25) is 0 Å². The lowest BCUT2D eigenvalue weighted by atomic mass is 10.1. The second-order valence-corrected chi connectivity index (χ2v) is 6.99. The number of rotatable bonds is 6. The summed E-state index contributed by atoms with van der Waals surface area (Å²) in [6, 6.07) is 6.83. The van der Waals surface area contributed by atoms with E-state index in [1.807, 2.05) is 13.8 Å². The Labute approximate surface area is 165 Å². The van der Waals surface area contributed by atoms with Crippen LogP contribution in [0.15, 0.2) is 29.3 Å². The number of nitrogens with zero attached hydrogens (tertiary/aromatic N) is 3. The van der Waals surface area contributed by atoms with Gasteiger partial charge in [-0.2, -0.15) is 0 Å². The predicted octanol–water partition coefficient (Wildman–Crippen LogP) is 2.66. The molecule has 0 atom stereocenters. The molecule has 0 aliphatic carbocycles. The Morgan fingerprint density at radius 2 is 1.96 bits per heavy atom. The molecule has 0 bridgehead atoms. The first-order chi connectivity index (χ1) is 13.4. The first kappa shape index (κ1) is 21.5. The molecule has 9 heteroatoms. The van der Waals surface area contributed by atoms with Crippen LogP contribution in [-0.4, -0.2) is 53.7 Å². The van der Waals surface area contributed by atoms with Crippen LogP contribution in [0, 0.1) is 10.1 Å². The average Bonchev–Trinajstić information content (AvgIpc) is 2.66. The van der Waals surface area contributed by atoms with E-state index in [2.05, 4.69) is 15.6 Å². The van der Waals surface area contributed by atoms with Gasteiger partial charge in [-0.1, -0.05) is 12.1 Å². The monoisotopic (exact) mass is 391 g/mol. The fourth-order valence-corrected chi connectivity index (χ4v) is 2.91. The molecular weight excluding hydrogens is 362 g/mol. The van der Waals surface area contributed by atoms with Crippen LogP contribution < -0.4 is 10.6 Å². The fourth-order valence-electron chi connectivity index (χ4n) is 2.91. The van der Waals surface area contributed by atoms with E-state index in [0.29, 0.717) is 32.2 Å². The molecule has 1 saturated heterocycles. The van der Waals surface area contributed by atoms with Crippen molar-refractivity contribution in [2.24, 2.45) is 4.99 Å². The normalized spacial score (nSPS) is 15.4. The van der Waals surface area contributed by atoms with Crippen LogP contribution in [0.25, 0.3) is 0 Å². The highest BCUT2D eigenvalue weighted by Gasteiger charge is 2.24. The molecule has 1 aliphatic rings. The van der Waals surface area contributed by atoms with Crippen LogP contribution >= 0.6 is 0 Å². The summed E-state index contributed by atoms with van der Waals surface area (Å²) in [6.07, 6.45) is 1.37. The number of non-ortho nitro benzene ring substituents is 1. The highest BCUT2D eigenvalue weighted by atomic mass is 16.6. The number of hydrogen-bond acceptors (Lipinski definition) is 5. The zero-order chi connectivity index (χ0) is 20.5. The van der Waals surface area contributed by atoms with E-state index in [-0.39, 0.29) is 23.9 Å². The van der Waals surface area contributed by atoms with Crippen LogP contribution in [0.4, 0.5) is 10.5 Å². The minimum atomic E-state index is -0.414. The van der Waals surface area contributed by atoms with Crippen molar-refractivity contribution < 1.29 is 14.5 Å². The maximum Gasteiger partial charge on any atom is 0.409 e. The quantitative estimate of drug-likeness (QED) is 0.334. The molecule has 154 valence electrons. The van der Waals surface area contributed by atoms with Gasteiger partial charge in [-0.05, 0) is 39.2 Å². The van der Waals surface area contributed by atoms with Crippen LogP contribution in [0.2, 0.25) is 0 Å². The van der Waals surface area contributed by atoms with Crippen LogP contribution in [-0.2, 0) is 11.3 Å². The third kappa shape index (κ3) is 6.71. The number of benzene rings is 1. The number of likely N-dealkylation sites (tertiary alicyclic amines) is 1. The third-order valence-corrected chi connectivity index (χ3v) is 4.35. The molecule has 1 amide bonds. The summed E-state index contributed by atoms with van der Waals surface area (Å²) < 4.78 is 5.05. The summed E-state index contributed by atoms with van der Waals surface area (Å²) in [6.45, 7) is 7.97. The number of nitro groups is 1.